The molecule has 0 aliphatic carbocycles. The van der Waals surface area contributed by atoms with E-state index >= 15 is 0 Å². The lowest BCUT2D eigenvalue weighted by molar-refractivity contribution is -0.273. The van der Waals surface area contributed by atoms with E-state index in [4.69, 9.17) is 25.7 Å². The summed E-state index contributed by atoms with van der Waals surface area (Å²) in [5.41, 5.74) is 10.6. The van der Waals surface area contributed by atoms with E-state index in [1.54, 1.807) is 0 Å². The molecule has 0 radical (unpaired) electrons. The number of carbonyl (C=O) groups excluding carboxylic acids is 4. The number of primary amides is 1. The number of rotatable bonds is 10. The first kappa shape index (κ1) is 24.3. The van der Waals surface area contributed by atoms with E-state index < -0.39 is 79.9 Å². The second-order valence-electron chi connectivity index (χ2n) is 6.10. The molecule has 6 unspecified atom stereocenters. The standard InChI is InChI=1S/C15H25N3O9S/c1-6(20)18-12-14(27-11(23)5-28)13(24)9(3-19)26-15(12)25-4-7(16)8(21)2-10(17)22/h7,9,12-15,19,24,28H,2-5,16H2,1H3,(H2,17,22)(H,18,20). The molecule has 0 aromatic rings. The summed E-state index contributed by atoms with van der Waals surface area (Å²) in [7, 11) is 0. The van der Waals surface area contributed by atoms with Crippen LogP contribution in [0, 0.1) is 0 Å². The molecule has 1 aliphatic rings. The molecule has 160 valence electrons. The van der Waals surface area contributed by atoms with Gasteiger partial charge in [-0.25, -0.2) is 0 Å². The summed E-state index contributed by atoms with van der Waals surface area (Å²) < 4.78 is 16.0. The maximum atomic E-state index is 11.7. The summed E-state index contributed by atoms with van der Waals surface area (Å²) >= 11 is 3.78. The van der Waals surface area contributed by atoms with Crippen molar-refractivity contribution in [3.05, 3.63) is 0 Å². The van der Waals surface area contributed by atoms with Crippen LogP contribution >= 0.6 is 12.6 Å². The van der Waals surface area contributed by atoms with Gasteiger partial charge in [0, 0.05) is 6.92 Å². The van der Waals surface area contributed by atoms with Gasteiger partial charge in [0.1, 0.15) is 18.2 Å². The third-order valence-corrected chi connectivity index (χ3v) is 4.08. The van der Waals surface area contributed by atoms with Crippen molar-refractivity contribution in [1.82, 2.24) is 5.32 Å². The molecular formula is C15H25N3O9S. The summed E-state index contributed by atoms with van der Waals surface area (Å²) in [5, 5.41) is 22.2. The highest BCUT2D eigenvalue weighted by Gasteiger charge is 2.48. The number of carbonyl (C=O) groups is 4. The Morgan fingerprint density at radius 2 is 1.96 bits per heavy atom. The second kappa shape index (κ2) is 11.3. The topological polar surface area (TPSA) is 200 Å². The lowest BCUT2D eigenvalue weighted by Crippen LogP contribution is -2.66. The van der Waals surface area contributed by atoms with Crippen molar-refractivity contribution < 1.29 is 43.6 Å². The smallest absolute Gasteiger partial charge is 0.316 e. The van der Waals surface area contributed by atoms with Gasteiger partial charge in [0.2, 0.25) is 11.8 Å². The maximum absolute atomic E-state index is 11.7. The Balaban J connectivity index is 2.97. The minimum atomic E-state index is -1.48. The number of hydrogen-bond acceptors (Lipinski definition) is 11. The zero-order valence-corrected chi connectivity index (χ0v) is 16.0. The SMILES string of the molecule is CC(=O)NC1C(OCC(N)C(=O)CC(N)=O)OC(CO)C(O)C1OC(=O)CS. The fourth-order valence-corrected chi connectivity index (χ4v) is 2.60. The molecule has 0 saturated carbocycles. The van der Waals surface area contributed by atoms with Crippen molar-refractivity contribution in [2.45, 2.75) is 50.0 Å². The lowest BCUT2D eigenvalue weighted by Gasteiger charge is -2.43. The Labute approximate surface area is 166 Å². The molecule has 1 saturated heterocycles. The van der Waals surface area contributed by atoms with Gasteiger partial charge in [0.05, 0.1) is 31.4 Å². The van der Waals surface area contributed by atoms with Crippen molar-refractivity contribution >= 4 is 36.2 Å². The van der Waals surface area contributed by atoms with Gasteiger partial charge in [0.15, 0.2) is 18.2 Å². The van der Waals surface area contributed by atoms with Gasteiger partial charge in [-0.05, 0) is 0 Å². The molecular weight excluding hydrogens is 398 g/mol. The molecule has 12 nitrogen and oxygen atoms in total. The monoisotopic (exact) mass is 423 g/mol. The number of ketones is 1. The van der Waals surface area contributed by atoms with E-state index in [1.807, 2.05) is 0 Å². The van der Waals surface area contributed by atoms with E-state index in [2.05, 4.69) is 17.9 Å². The first-order chi connectivity index (χ1) is 13.1. The van der Waals surface area contributed by atoms with Crippen LogP contribution in [0.3, 0.4) is 0 Å². The van der Waals surface area contributed by atoms with Gasteiger partial charge in [-0.2, -0.15) is 12.6 Å². The number of aliphatic hydroxyl groups is 2. The number of aliphatic hydroxyl groups excluding tert-OH is 2. The zero-order valence-electron chi connectivity index (χ0n) is 15.1. The van der Waals surface area contributed by atoms with E-state index in [9.17, 15) is 29.4 Å². The van der Waals surface area contributed by atoms with Gasteiger partial charge in [-0.15, -0.1) is 0 Å². The summed E-state index contributed by atoms with van der Waals surface area (Å²) in [6, 6.07) is -2.38. The fraction of sp³-hybridized carbons (Fsp3) is 0.733. The van der Waals surface area contributed by atoms with Crippen molar-refractivity contribution in [1.29, 1.82) is 0 Å². The zero-order chi connectivity index (χ0) is 21.4. The van der Waals surface area contributed by atoms with Crippen molar-refractivity contribution in [2.75, 3.05) is 19.0 Å². The van der Waals surface area contributed by atoms with Gasteiger partial charge in [-0.3, -0.25) is 19.2 Å². The Morgan fingerprint density at radius 1 is 1.32 bits per heavy atom. The molecule has 0 spiro atoms. The van der Waals surface area contributed by atoms with Gasteiger partial charge in [-0.1, -0.05) is 0 Å². The maximum Gasteiger partial charge on any atom is 0.316 e. The molecule has 0 bridgehead atoms. The Hall–Kier alpha value is -1.77. The molecule has 6 atom stereocenters. The summed E-state index contributed by atoms with van der Waals surface area (Å²) in [6.45, 7) is 0.116. The quantitative estimate of drug-likeness (QED) is 0.115. The Kier molecular flexibility index (Phi) is 9.78. The molecule has 1 rings (SSSR count). The highest BCUT2D eigenvalue weighted by Crippen LogP contribution is 2.25. The molecule has 0 aromatic carbocycles. The van der Waals surface area contributed by atoms with Crippen molar-refractivity contribution in [3.63, 3.8) is 0 Å². The lowest BCUT2D eigenvalue weighted by atomic mass is 9.96. The number of amides is 2. The van der Waals surface area contributed by atoms with Crippen LogP contribution in [0.5, 0.6) is 0 Å². The van der Waals surface area contributed by atoms with Crippen LogP contribution in [0.1, 0.15) is 13.3 Å². The molecule has 1 fully saturated rings. The highest BCUT2D eigenvalue weighted by molar-refractivity contribution is 7.81. The molecule has 2 amide bonds. The van der Waals surface area contributed by atoms with Crippen molar-refractivity contribution in [3.8, 4) is 0 Å². The van der Waals surface area contributed by atoms with Crippen molar-refractivity contribution in [2.24, 2.45) is 11.5 Å². The normalized spacial score (nSPS) is 28.2. The first-order valence-corrected chi connectivity index (χ1v) is 8.94. The van der Waals surface area contributed by atoms with Crippen LogP contribution < -0.4 is 16.8 Å². The molecule has 28 heavy (non-hydrogen) atoms. The minimum absolute atomic E-state index is 0.293. The highest BCUT2D eigenvalue weighted by atomic mass is 32.1. The number of hydrogen-bond donors (Lipinski definition) is 6. The van der Waals surface area contributed by atoms with Crippen LogP contribution in [-0.4, -0.2) is 89.4 Å². The fourth-order valence-electron chi connectivity index (χ4n) is 2.52. The summed E-state index contributed by atoms with van der Waals surface area (Å²) in [5.74, 6) is -3.14. The molecule has 1 heterocycles. The number of Topliss-reactive ketones (excluding diaryl/α,β-unsaturated/α-hetero) is 1. The average molecular weight is 423 g/mol. The minimum Gasteiger partial charge on any atom is -0.456 e. The van der Waals surface area contributed by atoms with Crippen LogP contribution in [-0.2, 0) is 33.4 Å². The largest absolute Gasteiger partial charge is 0.456 e. The molecule has 13 heteroatoms. The Bertz CT molecular complexity index is 591. The average Bonchev–Trinajstić information content (AvgIpc) is 2.62. The third kappa shape index (κ3) is 7.00. The van der Waals surface area contributed by atoms with Crippen LogP contribution in [0.4, 0.5) is 0 Å². The second-order valence-corrected chi connectivity index (χ2v) is 6.42. The summed E-state index contributed by atoms with van der Waals surface area (Å²) in [4.78, 5) is 45.7. The van der Waals surface area contributed by atoms with Crippen LogP contribution in [0.25, 0.3) is 0 Å². The predicted molar refractivity (Wildman–Crippen MR) is 95.8 cm³/mol. The summed E-state index contributed by atoms with van der Waals surface area (Å²) in [6.07, 6.45) is -5.90. The van der Waals surface area contributed by atoms with Gasteiger partial charge >= 0.3 is 5.97 Å². The van der Waals surface area contributed by atoms with E-state index in [0.29, 0.717) is 0 Å². The molecule has 0 aromatic heterocycles. The number of nitrogens with two attached hydrogens (primary N) is 2. The molecule has 7 N–H and O–H groups in total. The van der Waals surface area contributed by atoms with Gasteiger partial charge in [0.25, 0.3) is 0 Å². The van der Waals surface area contributed by atoms with Gasteiger partial charge < -0.3 is 41.2 Å². The van der Waals surface area contributed by atoms with E-state index in [1.165, 1.54) is 6.92 Å². The number of ether oxygens (including phenoxy) is 3. The Morgan fingerprint density at radius 3 is 2.46 bits per heavy atom. The third-order valence-electron chi connectivity index (χ3n) is 3.82. The van der Waals surface area contributed by atoms with E-state index in [0.717, 1.165) is 0 Å². The number of nitrogens with one attached hydrogen (secondary N) is 1. The number of esters is 1. The number of thiol groups is 1. The van der Waals surface area contributed by atoms with E-state index in [-0.39, 0.29) is 5.75 Å². The van der Waals surface area contributed by atoms with Crippen LogP contribution in [0.2, 0.25) is 0 Å². The van der Waals surface area contributed by atoms with Crippen LogP contribution in [0.15, 0.2) is 0 Å². The molecule has 1 aliphatic heterocycles. The predicted octanol–water partition coefficient (Wildman–Crippen LogP) is -3.80. The first-order valence-electron chi connectivity index (χ1n) is 8.30.